The summed E-state index contributed by atoms with van der Waals surface area (Å²) in [6, 6.07) is 11.2. The zero-order valence-corrected chi connectivity index (χ0v) is 14.3. The number of benzene rings is 1. The molecule has 0 unspecified atom stereocenters. The van der Waals surface area contributed by atoms with Crippen LogP contribution in [-0.2, 0) is 6.42 Å². The molecule has 25 heavy (non-hydrogen) atoms. The van der Waals surface area contributed by atoms with E-state index in [9.17, 15) is 14.9 Å². The van der Waals surface area contributed by atoms with Gasteiger partial charge in [-0.15, -0.1) is 0 Å². The summed E-state index contributed by atoms with van der Waals surface area (Å²) in [6.45, 7) is 3.43. The molecule has 1 saturated heterocycles. The molecule has 3 rings (SSSR count). The van der Waals surface area contributed by atoms with Crippen molar-refractivity contribution >= 4 is 11.8 Å². The first-order valence-corrected chi connectivity index (χ1v) is 8.62. The van der Waals surface area contributed by atoms with Gasteiger partial charge in [0, 0.05) is 13.1 Å². The second-order valence-corrected chi connectivity index (χ2v) is 6.65. The summed E-state index contributed by atoms with van der Waals surface area (Å²) in [6.07, 6.45) is 4.10. The van der Waals surface area contributed by atoms with Crippen LogP contribution in [0.1, 0.15) is 40.9 Å². The van der Waals surface area contributed by atoms with E-state index in [-0.39, 0.29) is 11.7 Å². The third-order valence-corrected chi connectivity index (χ3v) is 4.85. The topological polar surface area (TPSA) is 76.6 Å². The highest BCUT2D eigenvalue weighted by molar-refractivity contribution is 5.91. The molecule has 1 fully saturated rings. The Kier molecular flexibility index (Phi) is 5.16. The molecule has 1 amide bonds. The molecule has 1 aliphatic heterocycles. The molecular weight excluding hydrogens is 320 g/mol. The second-order valence-electron chi connectivity index (χ2n) is 6.65. The molecule has 132 valence electrons. The number of hydrogen-bond donors (Lipinski definition) is 0. The fraction of sp³-hybridized carbons (Fsp3) is 0.421. The summed E-state index contributed by atoms with van der Waals surface area (Å²) in [5.41, 5.74) is 2.63. The lowest BCUT2D eigenvalue weighted by Gasteiger charge is -2.31. The van der Waals surface area contributed by atoms with Crippen molar-refractivity contribution in [3.8, 4) is 0 Å². The molecule has 2 aromatic rings. The zero-order valence-electron chi connectivity index (χ0n) is 14.3. The second kappa shape index (κ2) is 7.51. The molecule has 2 heterocycles. The van der Waals surface area contributed by atoms with E-state index in [1.807, 2.05) is 0 Å². The number of carbonyl (C=O) groups is 1. The average molecular weight is 342 g/mol. The predicted molar refractivity (Wildman–Crippen MR) is 93.5 cm³/mol. The Morgan fingerprint density at radius 1 is 1.20 bits per heavy atom. The molecule has 1 aliphatic rings. The lowest BCUT2D eigenvalue weighted by Crippen LogP contribution is -2.38. The van der Waals surface area contributed by atoms with Gasteiger partial charge in [0.2, 0.25) is 0 Å². The maximum atomic E-state index is 12.4. The maximum Gasteiger partial charge on any atom is 0.433 e. The maximum absolute atomic E-state index is 12.4. The van der Waals surface area contributed by atoms with Crippen molar-refractivity contribution in [3.63, 3.8) is 0 Å². The van der Waals surface area contributed by atoms with Crippen molar-refractivity contribution in [3.05, 3.63) is 63.4 Å². The van der Waals surface area contributed by atoms with E-state index in [0.29, 0.717) is 19.0 Å². The quantitative estimate of drug-likeness (QED) is 0.608. The van der Waals surface area contributed by atoms with Crippen LogP contribution in [0.15, 0.2) is 40.8 Å². The lowest BCUT2D eigenvalue weighted by atomic mass is 9.90. The van der Waals surface area contributed by atoms with Crippen molar-refractivity contribution in [2.24, 2.45) is 5.92 Å². The first-order chi connectivity index (χ1) is 12.0. The SMILES string of the molecule is Cc1ccc(CCC2CCN(C(=O)c3ccc([N+](=O)[O-])o3)CC2)cc1. The van der Waals surface area contributed by atoms with E-state index < -0.39 is 10.8 Å². The minimum atomic E-state index is -0.631. The summed E-state index contributed by atoms with van der Waals surface area (Å²) in [4.78, 5) is 24.1. The van der Waals surface area contributed by atoms with Crippen LogP contribution < -0.4 is 0 Å². The number of carbonyl (C=O) groups excluding carboxylic acids is 1. The molecule has 0 bridgehead atoms. The number of nitrogens with zero attached hydrogens (tertiary/aromatic N) is 2. The molecular formula is C19H22N2O4. The average Bonchev–Trinajstić information content (AvgIpc) is 3.11. The van der Waals surface area contributed by atoms with Crippen molar-refractivity contribution in [1.82, 2.24) is 4.90 Å². The van der Waals surface area contributed by atoms with Gasteiger partial charge in [-0.1, -0.05) is 29.8 Å². The Morgan fingerprint density at radius 2 is 1.88 bits per heavy atom. The summed E-state index contributed by atoms with van der Waals surface area (Å²) < 4.78 is 5.01. The molecule has 0 saturated carbocycles. The molecule has 1 aromatic carbocycles. The van der Waals surface area contributed by atoms with Gasteiger partial charge >= 0.3 is 5.88 Å². The van der Waals surface area contributed by atoms with Crippen LogP contribution in [0.2, 0.25) is 0 Å². The van der Waals surface area contributed by atoms with Crippen LogP contribution >= 0.6 is 0 Å². The summed E-state index contributed by atoms with van der Waals surface area (Å²) in [5, 5.41) is 10.7. The minimum Gasteiger partial charge on any atom is -0.395 e. The van der Waals surface area contributed by atoms with Crippen molar-refractivity contribution < 1.29 is 14.1 Å². The number of rotatable bonds is 5. The van der Waals surface area contributed by atoms with Gasteiger partial charge in [0.1, 0.15) is 4.92 Å². The highest BCUT2D eigenvalue weighted by Crippen LogP contribution is 2.25. The van der Waals surface area contributed by atoms with E-state index in [2.05, 4.69) is 31.2 Å². The lowest BCUT2D eigenvalue weighted by molar-refractivity contribution is -0.402. The number of furan rings is 1. The summed E-state index contributed by atoms with van der Waals surface area (Å²) in [7, 11) is 0. The monoisotopic (exact) mass is 342 g/mol. The minimum absolute atomic E-state index is 0.0461. The standard InChI is InChI=1S/C19H22N2O4/c1-14-2-4-15(5-3-14)6-7-16-10-12-20(13-11-16)19(22)17-8-9-18(25-17)21(23)24/h2-5,8-9,16H,6-7,10-13H2,1H3. The highest BCUT2D eigenvalue weighted by atomic mass is 16.6. The summed E-state index contributed by atoms with van der Waals surface area (Å²) >= 11 is 0. The van der Waals surface area contributed by atoms with Crippen LogP contribution in [0.4, 0.5) is 5.88 Å². The van der Waals surface area contributed by atoms with Crippen molar-refractivity contribution in [2.45, 2.75) is 32.6 Å². The Morgan fingerprint density at radius 3 is 2.48 bits per heavy atom. The van der Waals surface area contributed by atoms with Gasteiger partial charge in [-0.25, -0.2) is 0 Å². The first-order valence-electron chi connectivity index (χ1n) is 8.62. The Bertz CT molecular complexity index is 743. The molecule has 6 heteroatoms. The predicted octanol–water partition coefficient (Wildman–Crippen LogP) is 3.98. The van der Waals surface area contributed by atoms with Gasteiger partial charge < -0.3 is 9.32 Å². The van der Waals surface area contributed by atoms with E-state index in [0.717, 1.165) is 25.7 Å². The Labute approximate surface area is 146 Å². The normalized spacial score (nSPS) is 15.3. The van der Waals surface area contributed by atoms with Crippen LogP contribution in [0, 0.1) is 23.0 Å². The summed E-state index contributed by atoms with van der Waals surface area (Å²) in [5.74, 6) is 0.00233. The van der Waals surface area contributed by atoms with E-state index in [1.54, 1.807) is 4.90 Å². The Hall–Kier alpha value is -2.63. The van der Waals surface area contributed by atoms with E-state index >= 15 is 0 Å². The molecule has 0 spiro atoms. The smallest absolute Gasteiger partial charge is 0.395 e. The fourth-order valence-corrected chi connectivity index (χ4v) is 3.25. The largest absolute Gasteiger partial charge is 0.433 e. The molecule has 0 radical (unpaired) electrons. The first kappa shape index (κ1) is 17.2. The number of nitro groups is 1. The molecule has 1 aromatic heterocycles. The van der Waals surface area contributed by atoms with Gasteiger partial charge in [0.05, 0.1) is 6.07 Å². The van der Waals surface area contributed by atoms with Crippen molar-refractivity contribution in [1.29, 1.82) is 0 Å². The Balaban J connectivity index is 1.48. The number of amides is 1. The number of hydrogen-bond acceptors (Lipinski definition) is 4. The number of likely N-dealkylation sites (tertiary alicyclic amines) is 1. The van der Waals surface area contributed by atoms with Crippen LogP contribution in [0.3, 0.4) is 0 Å². The van der Waals surface area contributed by atoms with Crippen LogP contribution in [0.25, 0.3) is 0 Å². The number of aryl methyl sites for hydroxylation is 2. The molecule has 0 atom stereocenters. The van der Waals surface area contributed by atoms with Gasteiger partial charge in [0.25, 0.3) is 5.91 Å². The van der Waals surface area contributed by atoms with Gasteiger partial charge in [-0.2, -0.15) is 0 Å². The van der Waals surface area contributed by atoms with Gasteiger partial charge in [-0.3, -0.25) is 14.9 Å². The van der Waals surface area contributed by atoms with Gasteiger partial charge in [0.15, 0.2) is 5.76 Å². The third kappa shape index (κ3) is 4.26. The molecule has 0 N–H and O–H groups in total. The van der Waals surface area contributed by atoms with Gasteiger partial charge in [-0.05, 0) is 50.2 Å². The molecule has 0 aliphatic carbocycles. The highest BCUT2D eigenvalue weighted by Gasteiger charge is 2.26. The number of piperidine rings is 1. The van der Waals surface area contributed by atoms with Crippen LogP contribution in [0.5, 0.6) is 0 Å². The molecule has 6 nitrogen and oxygen atoms in total. The fourth-order valence-electron chi connectivity index (χ4n) is 3.25. The van der Waals surface area contributed by atoms with E-state index in [1.165, 1.54) is 23.3 Å². The van der Waals surface area contributed by atoms with E-state index in [4.69, 9.17) is 4.42 Å². The zero-order chi connectivity index (χ0) is 17.8. The van der Waals surface area contributed by atoms with Crippen LogP contribution in [-0.4, -0.2) is 28.8 Å². The van der Waals surface area contributed by atoms with Crippen molar-refractivity contribution in [2.75, 3.05) is 13.1 Å². The third-order valence-electron chi connectivity index (χ3n) is 4.85.